The first-order valence-corrected chi connectivity index (χ1v) is 12.0. The average molecular weight is 458 g/mol. The molecule has 0 unspecified atom stereocenters. The number of pyridine rings is 1. The predicted octanol–water partition coefficient (Wildman–Crippen LogP) is 5.50. The van der Waals surface area contributed by atoms with Gasteiger partial charge in [0.25, 0.3) is 0 Å². The minimum absolute atomic E-state index is 0.0909. The lowest BCUT2D eigenvalue weighted by Gasteiger charge is -2.42. The van der Waals surface area contributed by atoms with Crippen LogP contribution in [0.3, 0.4) is 0 Å². The molecule has 6 nitrogen and oxygen atoms in total. The number of aliphatic carboxylic acids is 1. The lowest BCUT2D eigenvalue weighted by Crippen LogP contribution is -2.50. The Morgan fingerprint density at radius 2 is 2.06 bits per heavy atom. The van der Waals surface area contributed by atoms with E-state index in [-0.39, 0.29) is 18.4 Å². The highest BCUT2D eigenvalue weighted by atomic mass is 32.2. The Morgan fingerprint density at radius 1 is 1.28 bits per heavy atom. The Kier molecular flexibility index (Phi) is 8.73. The fraction of sp³-hybridized carbons (Fsp3) is 0.440. The molecule has 32 heavy (non-hydrogen) atoms. The summed E-state index contributed by atoms with van der Waals surface area (Å²) in [4.78, 5) is 16.1. The van der Waals surface area contributed by atoms with Crippen LogP contribution in [0.4, 0.5) is 0 Å². The third kappa shape index (κ3) is 6.82. The highest BCUT2D eigenvalue weighted by Gasteiger charge is 2.42. The third-order valence-corrected chi connectivity index (χ3v) is 6.05. The molecule has 1 fully saturated rings. The molecule has 172 valence electrons. The van der Waals surface area contributed by atoms with Gasteiger partial charge in [0.2, 0.25) is 0 Å². The van der Waals surface area contributed by atoms with Crippen molar-refractivity contribution in [3.05, 3.63) is 66.5 Å². The number of ether oxygens (including phenoxy) is 3. The van der Waals surface area contributed by atoms with Crippen LogP contribution >= 0.6 is 11.8 Å². The van der Waals surface area contributed by atoms with Crippen molar-refractivity contribution in [2.45, 2.75) is 56.0 Å². The number of benzene rings is 1. The fourth-order valence-electron chi connectivity index (χ4n) is 3.62. The van der Waals surface area contributed by atoms with Crippen molar-refractivity contribution in [3.8, 4) is 5.75 Å². The maximum atomic E-state index is 10.7. The van der Waals surface area contributed by atoms with Gasteiger partial charge in [-0.05, 0) is 68.8 Å². The van der Waals surface area contributed by atoms with Gasteiger partial charge in [-0.1, -0.05) is 18.2 Å². The van der Waals surface area contributed by atoms with E-state index in [9.17, 15) is 4.79 Å². The van der Waals surface area contributed by atoms with E-state index in [4.69, 9.17) is 19.3 Å². The van der Waals surface area contributed by atoms with Gasteiger partial charge in [0, 0.05) is 29.6 Å². The molecule has 1 aromatic carbocycles. The number of hydrogen-bond acceptors (Lipinski definition) is 6. The Morgan fingerprint density at radius 3 is 2.72 bits per heavy atom. The predicted molar refractivity (Wildman–Crippen MR) is 125 cm³/mol. The summed E-state index contributed by atoms with van der Waals surface area (Å²) < 4.78 is 18.8. The van der Waals surface area contributed by atoms with Gasteiger partial charge in [-0.2, -0.15) is 0 Å². The summed E-state index contributed by atoms with van der Waals surface area (Å²) in [5, 5.41) is 8.80. The number of carboxylic acids is 1. The second-order valence-electron chi connectivity index (χ2n) is 8.29. The van der Waals surface area contributed by atoms with E-state index in [0.29, 0.717) is 13.0 Å². The molecular weight excluding hydrogens is 426 g/mol. The molecule has 1 aromatic heterocycles. The van der Waals surface area contributed by atoms with Crippen LogP contribution in [0.25, 0.3) is 0 Å². The molecule has 0 aliphatic carbocycles. The zero-order valence-corrected chi connectivity index (χ0v) is 19.6. The van der Waals surface area contributed by atoms with Crippen LogP contribution in [-0.2, 0) is 14.3 Å². The Hall–Kier alpha value is -2.35. The minimum Gasteiger partial charge on any atom is -0.483 e. The smallest absolute Gasteiger partial charge is 0.303 e. The molecule has 0 bridgehead atoms. The highest BCUT2D eigenvalue weighted by Crippen LogP contribution is 2.38. The first kappa shape index (κ1) is 24.3. The van der Waals surface area contributed by atoms with Crippen LogP contribution < -0.4 is 4.74 Å². The molecule has 0 spiro atoms. The molecule has 1 aliphatic heterocycles. The summed E-state index contributed by atoms with van der Waals surface area (Å²) in [6.45, 7) is 4.44. The topological polar surface area (TPSA) is 77.9 Å². The van der Waals surface area contributed by atoms with Gasteiger partial charge in [0.1, 0.15) is 5.75 Å². The molecule has 1 saturated heterocycles. The van der Waals surface area contributed by atoms with Crippen LogP contribution in [0.15, 0.2) is 65.8 Å². The van der Waals surface area contributed by atoms with Crippen molar-refractivity contribution in [1.29, 1.82) is 0 Å². The Labute approximate surface area is 194 Å². The van der Waals surface area contributed by atoms with Gasteiger partial charge < -0.3 is 19.3 Å². The zero-order chi connectivity index (χ0) is 23.0. The molecule has 0 saturated carbocycles. The first-order valence-electron chi connectivity index (χ1n) is 10.8. The Bertz CT molecular complexity index is 885. The van der Waals surface area contributed by atoms with Crippen LogP contribution in [0.5, 0.6) is 5.75 Å². The van der Waals surface area contributed by atoms with Crippen molar-refractivity contribution in [1.82, 2.24) is 4.98 Å². The summed E-state index contributed by atoms with van der Waals surface area (Å²) >= 11 is 1.69. The molecule has 3 atom stereocenters. The van der Waals surface area contributed by atoms with Crippen molar-refractivity contribution >= 4 is 17.7 Å². The van der Waals surface area contributed by atoms with E-state index in [1.54, 1.807) is 18.0 Å². The van der Waals surface area contributed by atoms with Crippen LogP contribution in [0.1, 0.15) is 44.8 Å². The van der Waals surface area contributed by atoms with Gasteiger partial charge in [-0.25, -0.2) is 0 Å². The second-order valence-corrected chi connectivity index (χ2v) is 9.17. The van der Waals surface area contributed by atoms with Gasteiger partial charge in [0.15, 0.2) is 11.9 Å². The minimum atomic E-state index is -0.791. The number of thioether (sulfide) groups is 1. The molecule has 2 aromatic rings. The van der Waals surface area contributed by atoms with Gasteiger partial charge >= 0.3 is 5.97 Å². The van der Waals surface area contributed by atoms with Gasteiger partial charge in [-0.15, -0.1) is 11.8 Å². The number of hydrogen-bond donors (Lipinski definition) is 1. The fourth-order valence-corrected chi connectivity index (χ4v) is 4.03. The van der Waals surface area contributed by atoms with E-state index in [0.717, 1.165) is 17.7 Å². The monoisotopic (exact) mass is 457 g/mol. The van der Waals surface area contributed by atoms with E-state index in [1.807, 2.05) is 74.9 Å². The maximum absolute atomic E-state index is 10.7. The zero-order valence-electron chi connectivity index (χ0n) is 18.8. The largest absolute Gasteiger partial charge is 0.483 e. The standard InChI is InChI=1S/C25H31NO5S/c1-25(2,31-20-11-13-21(32-3)14-12-20)24-29-17-19(8-5-4-6-10-22(27)28)23(30-24)18-9-7-15-26-16-18/h4-5,7,9,11-16,19,23-24H,6,8,10,17H2,1-3H3,(H,27,28)/b5-4-/t19-,23-,24+/m0/s1. The second kappa shape index (κ2) is 11.5. The average Bonchev–Trinajstić information content (AvgIpc) is 2.79. The molecule has 1 aliphatic rings. The molecule has 0 radical (unpaired) electrons. The van der Waals surface area contributed by atoms with Crippen LogP contribution in [-0.4, -0.2) is 40.8 Å². The van der Waals surface area contributed by atoms with E-state index in [2.05, 4.69) is 4.98 Å². The number of allylic oxidation sites excluding steroid dienone is 2. The van der Waals surface area contributed by atoms with Gasteiger partial charge in [-0.3, -0.25) is 9.78 Å². The maximum Gasteiger partial charge on any atom is 0.303 e. The normalized spacial score (nSPS) is 21.5. The van der Waals surface area contributed by atoms with Crippen LogP contribution in [0.2, 0.25) is 0 Å². The quantitative estimate of drug-likeness (QED) is 0.373. The summed E-state index contributed by atoms with van der Waals surface area (Å²) in [5.74, 6) is 0.0648. The van der Waals surface area contributed by atoms with Crippen molar-refractivity contribution in [3.63, 3.8) is 0 Å². The summed E-state index contributed by atoms with van der Waals surface area (Å²) in [7, 11) is 0. The first-order chi connectivity index (χ1) is 15.4. The lowest BCUT2D eigenvalue weighted by molar-refractivity contribution is -0.288. The molecule has 0 amide bonds. The molecular formula is C25H31NO5S. The Balaban J connectivity index is 1.69. The SMILES string of the molecule is CSc1ccc(OC(C)(C)[C@@H]2OC[C@H](C/C=C\CCC(=O)O)[C@H](c3cccnc3)O2)cc1. The molecule has 2 heterocycles. The summed E-state index contributed by atoms with van der Waals surface area (Å²) in [6.07, 6.45) is 10.1. The number of carboxylic acid groups (broad SMARTS) is 1. The third-order valence-electron chi connectivity index (χ3n) is 5.31. The van der Waals surface area contributed by atoms with Crippen molar-refractivity contribution in [2.24, 2.45) is 5.92 Å². The lowest BCUT2D eigenvalue weighted by atomic mass is 9.92. The van der Waals surface area contributed by atoms with Crippen molar-refractivity contribution in [2.75, 3.05) is 12.9 Å². The number of aromatic nitrogens is 1. The number of nitrogens with zero attached hydrogens (tertiary/aromatic N) is 1. The number of carbonyl (C=O) groups is 1. The summed E-state index contributed by atoms with van der Waals surface area (Å²) in [6, 6.07) is 11.9. The van der Waals surface area contributed by atoms with E-state index < -0.39 is 17.9 Å². The van der Waals surface area contributed by atoms with Crippen molar-refractivity contribution < 1.29 is 24.1 Å². The van der Waals surface area contributed by atoms with E-state index in [1.165, 1.54) is 4.90 Å². The van der Waals surface area contributed by atoms with Crippen LogP contribution in [0, 0.1) is 5.92 Å². The molecule has 7 heteroatoms. The summed E-state index contributed by atoms with van der Waals surface area (Å²) in [5.41, 5.74) is 0.286. The molecule has 3 rings (SSSR count). The molecule has 1 N–H and O–H groups in total. The van der Waals surface area contributed by atoms with E-state index >= 15 is 0 Å². The van der Waals surface area contributed by atoms with Gasteiger partial charge in [0.05, 0.1) is 12.7 Å². The highest BCUT2D eigenvalue weighted by molar-refractivity contribution is 7.98. The number of rotatable bonds is 10.